The first-order valence-electron chi connectivity index (χ1n) is 7.17. The number of fused-ring (bicyclic) bond motifs is 2. The molecule has 0 aliphatic rings. The summed E-state index contributed by atoms with van der Waals surface area (Å²) in [7, 11) is 0. The Hall–Kier alpha value is -2.40. The number of hydrogen-bond donors (Lipinski definition) is 1. The third-order valence-electron chi connectivity index (χ3n) is 3.73. The monoisotopic (exact) mass is 309 g/mol. The van der Waals surface area contributed by atoms with Gasteiger partial charge in [0.2, 0.25) is 5.89 Å². The maximum Gasteiger partial charge on any atom is 0.227 e. The van der Waals surface area contributed by atoms with E-state index < -0.39 is 0 Å². The van der Waals surface area contributed by atoms with Crippen molar-refractivity contribution in [2.75, 3.05) is 5.73 Å². The molecule has 0 saturated carbocycles. The predicted octanol–water partition coefficient (Wildman–Crippen LogP) is 4.81. The molecule has 0 unspecified atom stereocenters. The van der Waals surface area contributed by atoms with Gasteiger partial charge >= 0.3 is 0 Å². The fourth-order valence-electron chi connectivity index (χ4n) is 2.50. The lowest BCUT2D eigenvalue weighted by Crippen LogP contribution is -1.85. The number of thiazole rings is 1. The first-order chi connectivity index (χ1) is 10.6. The van der Waals surface area contributed by atoms with Gasteiger partial charge in [-0.05, 0) is 41.8 Å². The van der Waals surface area contributed by atoms with E-state index in [0.29, 0.717) is 16.9 Å². The Morgan fingerprint density at radius 2 is 1.91 bits per heavy atom. The van der Waals surface area contributed by atoms with Gasteiger partial charge in [-0.15, -0.1) is 0 Å². The summed E-state index contributed by atoms with van der Waals surface area (Å²) in [4.78, 5) is 8.89. The lowest BCUT2D eigenvalue weighted by molar-refractivity contribution is 0.620. The van der Waals surface area contributed by atoms with Crippen molar-refractivity contribution in [2.24, 2.45) is 0 Å². The molecule has 4 aromatic rings. The van der Waals surface area contributed by atoms with E-state index >= 15 is 0 Å². The van der Waals surface area contributed by atoms with Crippen LogP contribution in [-0.2, 0) is 0 Å². The third kappa shape index (κ3) is 2.14. The molecule has 2 aromatic heterocycles. The summed E-state index contributed by atoms with van der Waals surface area (Å²) >= 11 is 1.47. The molecule has 0 spiro atoms. The molecule has 4 nitrogen and oxygen atoms in total. The number of anilines is 1. The van der Waals surface area contributed by atoms with Crippen LogP contribution in [0.25, 0.3) is 32.8 Å². The average molecular weight is 309 g/mol. The fourth-order valence-corrected chi connectivity index (χ4v) is 3.28. The zero-order valence-corrected chi connectivity index (χ0v) is 13.1. The second-order valence-electron chi connectivity index (χ2n) is 5.64. The van der Waals surface area contributed by atoms with Gasteiger partial charge in [-0.25, -0.2) is 9.97 Å². The Kier molecular flexibility index (Phi) is 2.90. The Morgan fingerprint density at radius 3 is 2.73 bits per heavy atom. The minimum absolute atomic E-state index is 0.473. The second-order valence-corrected chi connectivity index (χ2v) is 6.70. The molecule has 0 saturated heterocycles. The van der Waals surface area contributed by atoms with Gasteiger partial charge in [0, 0.05) is 5.56 Å². The van der Waals surface area contributed by atoms with Crippen molar-refractivity contribution in [3.05, 3.63) is 42.0 Å². The van der Waals surface area contributed by atoms with Crippen molar-refractivity contribution in [3.63, 3.8) is 0 Å². The van der Waals surface area contributed by atoms with E-state index in [1.54, 1.807) is 0 Å². The number of benzene rings is 2. The zero-order valence-electron chi connectivity index (χ0n) is 12.3. The first kappa shape index (κ1) is 13.3. The molecule has 0 fully saturated rings. The number of nitrogens with two attached hydrogens (primary N) is 1. The Labute approximate surface area is 131 Å². The van der Waals surface area contributed by atoms with E-state index in [1.165, 1.54) is 16.9 Å². The van der Waals surface area contributed by atoms with Crippen molar-refractivity contribution < 1.29 is 4.42 Å². The molecule has 0 aliphatic heterocycles. The summed E-state index contributed by atoms with van der Waals surface area (Å²) in [5, 5.41) is 0.575. The van der Waals surface area contributed by atoms with Gasteiger partial charge in [-0.3, -0.25) is 0 Å². The molecule has 0 radical (unpaired) electrons. The SMILES string of the molecule is CC(C)c1ccc2oc(-c3ccc4nc(N)sc4c3)nc2c1. The van der Waals surface area contributed by atoms with Gasteiger partial charge in [0.25, 0.3) is 0 Å². The molecule has 4 rings (SSSR count). The molecule has 2 N–H and O–H groups in total. The Morgan fingerprint density at radius 1 is 1.05 bits per heavy atom. The minimum Gasteiger partial charge on any atom is -0.436 e. The van der Waals surface area contributed by atoms with E-state index in [-0.39, 0.29) is 0 Å². The molecular formula is C17H15N3OS. The van der Waals surface area contributed by atoms with Crippen LogP contribution in [0, 0.1) is 0 Å². The highest BCUT2D eigenvalue weighted by Crippen LogP contribution is 2.31. The van der Waals surface area contributed by atoms with Crippen molar-refractivity contribution in [2.45, 2.75) is 19.8 Å². The summed E-state index contributed by atoms with van der Waals surface area (Å²) in [6.07, 6.45) is 0. The summed E-state index contributed by atoms with van der Waals surface area (Å²) in [5.41, 5.74) is 10.6. The molecule has 22 heavy (non-hydrogen) atoms. The van der Waals surface area contributed by atoms with Crippen LogP contribution in [0.1, 0.15) is 25.3 Å². The molecular weight excluding hydrogens is 294 g/mol. The van der Waals surface area contributed by atoms with Crippen LogP contribution < -0.4 is 5.73 Å². The second kappa shape index (κ2) is 4.81. The zero-order chi connectivity index (χ0) is 15.3. The van der Waals surface area contributed by atoms with Gasteiger partial charge in [-0.2, -0.15) is 0 Å². The maximum atomic E-state index is 5.89. The summed E-state index contributed by atoms with van der Waals surface area (Å²) < 4.78 is 6.93. The topological polar surface area (TPSA) is 64.9 Å². The average Bonchev–Trinajstić information content (AvgIpc) is 3.07. The van der Waals surface area contributed by atoms with Crippen molar-refractivity contribution >= 4 is 37.8 Å². The molecule has 0 aliphatic carbocycles. The van der Waals surface area contributed by atoms with Gasteiger partial charge in [0.05, 0.1) is 10.2 Å². The molecule has 110 valence electrons. The van der Waals surface area contributed by atoms with Crippen LogP contribution in [-0.4, -0.2) is 9.97 Å². The first-order valence-corrected chi connectivity index (χ1v) is 7.99. The summed E-state index contributed by atoms with van der Waals surface area (Å²) in [5.74, 6) is 1.10. The molecule has 0 atom stereocenters. The summed E-state index contributed by atoms with van der Waals surface area (Å²) in [6, 6.07) is 12.1. The van der Waals surface area contributed by atoms with Crippen LogP contribution >= 0.6 is 11.3 Å². The summed E-state index contributed by atoms with van der Waals surface area (Å²) in [6.45, 7) is 4.34. The van der Waals surface area contributed by atoms with Crippen LogP contribution in [0.5, 0.6) is 0 Å². The third-order valence-corrected chi connectivity index (χ3v) is 4.58. The van der Waals surface area contributed by atoms with Crippen molar-refractivity contribution in [1.82, 2.24) is 9.97 Å². The van der Waals surface area contributed by atoms with Gasteiger partial charge in [0.1, 0.15) is 5.52 Å². The van der Waals surface area contributed by atoms with E-state index in [2.05, 4.69) is 35.9 Å². The van der Waals surface area contributed by atoms with Gasteiger partial charge in [0.15, 0.2) is 10.7 Å². The Bertz CT molecular complexity index is 984. The predicted molar refractivity (Wildman–Crippen MR) is 91.1 cm³/mol. The Balaban J connectivity index is 1.84. The number of nitrogen functional groups attached to an aromatic ring is 1. The van der Waals surface area contributed by atoms with Crippen LogP contribution in [0.3, 0.4) is 0 Å². The van der Waals surface area contributed by atoms with Crippen LogP contribution in [0.4, 0.5) is 5.13 Å². The van der Waals surface area contributed by atoms with E-state index in [0.717, 1.165) is 26.9 Å². The lowest BCUT2D eigenvalue weighted by atomic mass is 10.0. The fraction of sp³-hybridized carbons (Fsp3) is 0.176. The standard InChI is InChI=1S/C17H15N3OS/c1-9(2)10-4-6-14-13(7-10)19-16(21-14)11-3-5-12-15(8-11)22-17(18)20-12/h3-9H,1-2H3,(H2,18,20). The smallest absolute Gasteiger partial charge is 0.227 e. The molecule has 0 bridgehead atoms. The van der Waals surface area contributed by atoms with Crippen molar-refractivity contribution in [3.8, 4) is 11.5 Å². The minimum atomic E-state index is 0.473. The number of oxazole rings is 1. The van der Waals surface area contributed by atoms with Crippen LogP contribution in [0.2, 0.25) is 0 Å². The van der Waals surface area contributed by atoms with E-state index in [4.69, 9.17) is 10.2 Å². The highest BCUT2D eigenvalue weighted by atomic mass is 32.1. The number of rotatable bonds is 2. The maximum absolute atomic E-state index is 5.89. The van der Waals surface area contributed by atoms with Crippen molar-refractivity contribution in [1.29, 1.82) is 0 Å². The number of aromatic nitrogens is 2. The highest BCUT2D eigenvalue weighted by molar-refractivity contribution is 7.22. The molecule has 2 aromatic carbocycles. The van der Waals surface area contributed by atoms with Crippen LogP contribution in [0.15, 0.2) is 40.8 Å². The van der Waals surface area contributed by atoms with Gasteiger partial charge < -0.3 is 10.2 Å². The molecule has 5 heteroatoms. The molecule has 2 heterocycles. The quantitative estimate of drug-likeness (QED) is 0.577. The largest absolute Gasteiger partial charge is 0.436 e. The van der Waals surface area contributed by atoms with E-state index in [9.17, 15) is 0 Å². The number of hydrogen-bond acceptors (Lipinski definition) is 5. The highest BCUT2D eigenvalue weighted by Gasteiger charge is 2.11. The normalized spacial score (nSPS) is 11.8. The molecule has 0 amide bonds. The van der Waals surface area contributed by atoms with Gasteiger partial charge in [-0.1, -0.05) is 31.3 Å². The number of nitrogens with zero attached hydrogens (tertiary/aromatic N) is 2. The lowest BCUT2D eigenvalue weighted by Gasteiger charge is -2.02. The van der Waals surface area contributed by atoms with E-state index in [1.807, 2.05) is 24.3 Å².